The minimum Gasteiger partial charge on any atom is -0.497 e. The van der Waals surface area contributed by atoms with Crippen molar-refractivity contribution in [3.05, 3.63) is 29.8 Å². The molecule has 0 saturated heterocycles. The summed E-state index contributed by atoms with van der Waals surface area (Å²) in [4.78, 5) is 0. The number of hydrogen-bond acceptors (Lipinski definition) is 3. The number of benzene rings is 1. The van der Waals surface area contributed by atoms with Crippen molar-refractivity contribution in [2.24, 2.45) is 5.84 Å². The molecule has 3 heteroatoms. The van der Waals surface area contributed by atoms with E-state index < -0.39 is 0 Å². The van der Waals surface area contributed by atoms with E-state index >= 15 is 0 Å². The van der Waals surface area contributed by atoms with Crippen LogP contribution in [0.2, 0.25) is 0 Å². The van der Waals surface area contributed by atoms with Gasteiger partial charge in [-0.05, 0) is 31.0 Å². The minimum absolute atomic E-state index is 0.145. The second-order valence-electron chi connectivity index (χ2n) is 3.46. The molecular formula is C13H18N2O. The van der Waals surface area contributed by atoms with E-state index in [1.807, 2.05) is 31.2 Å². The molecule has 0 bridgehead atoms. The maximum Gasteiger partial charge on any atom is 0.118 e. The highest BCUT2D eigenvalue weighted by molar-refractivity contribution is 5.29. The minimum atomic E-state index is 0.145. The molecular weight excluding hydrogens is 200 g/mol. The third kappa shape index (κ3) is 3.58. The normalized spacial score (nSPS) is 11.4. The molecule has 1 atom stereocenters. The topological polar surface area (TPSA) is 47.3 Å². The summed E-state index contributed by atoms with van der Waals surface area (Å²) in [5.41, 5.74) is 3.96. The van der Waals surface area contributed by atoms with E-state index in [4.69, 9.17) is 10.6 Å². The predicted octanol–water partition coefficient (Wildman–Crippen LogP) is 2.00. The largest absolute Gasteiger partial charge is 0.497 e. The van der Waals surface area contributed by atoms with Crippen LogP contribution in [0, 0.1) is 11.8 Å². The summed E-state index contributed by atoms with van der Waals surface area (Å²) >= 11 is 0. The molecule has 0 aliphatic carbocycles. The van der Waals surface area contributed by atoms with Crippen molar-refractivity contribution in [3.8, 4) is 17.6 Å². The van der Waals surface area contributed by atoms with Crippen molar-refractivity contribution in [2.45, 2.75) is 25.8 Å². The average Bonchev–Trinajstić information content (AvgIpc) is 2.35. The van der Waals surface area contributed by atoms with Crippen LogP contribution in [-0.4, -0.2) is 7.11 Å². The summed E-state index contributed by atoms with van der Waals surface area (Å²) in [5, 5.41) is 0. The Hall–Kier alpha value is -1.50. The summed E-state index contributed by atoms with van der Waals surface area (Å²) < 4.78 is 5.11. The van der Waals surface area contributed by atoms with Gasteiger partial charge in [-0.2, -0.15) is 0 Å². The highest BCUT2D eigenvalue weighted by Crippen LogP contribution is 2.20. The second kappa shape index (κ2) is 6.89. The third-order valence-corrected chi connectivity index (χ3v) is 2.45. The number of methoxy groups -OCH3 is 1. The lowest BCUT2D eigenvalue weighted by Gasteiger charge is -2.15. The van der Waals surface area contributed by atoms with Gasteiger partial charge in [-0.15, -0.1) is 11.8 Å². The molecule has 0 fully saturated rings. The molecule has 0 aromatic heterocycles. The Labute approximate surface area is 97.0 Å². The molecule has 1 aromatic carbocycles. The molecule has 86 valence electrons. The van der Waals surface area contributed by atoms with E-state index in [2.05, 4.69) is 17.3 Å². The first-order chi connectivity index (χ1) is 7.81. The Morgan fingerprint density at radius 2 is 2.06 bits per heavy atom. The van der Waals surface area contributed by atoms with Gasteiger partial charge >= 0.3 is 0 Å². The van der Waals surface area contributed by atoms with Crippen molar-refractivity contribution >= 4 is 0 Å². The average molecular weight is 218 g/mol. The molecule has 3 N–H and O–H groups in total. The van der Waals surface area contributed by atoms with Crippen molar-refractivity contribution in [2.75, 3.05) is 7.11 Å². The fraction of sp³-hybridized carbons (Fsp3) is 0.385. The molecule has 0 amide bonds. The summed E-state index contributed by atoms with van der Waals surface area (Å²) in [6.45, 7) is 1.85. The Bertz CT molecular complexity index is 362. The van der Waals surface area contributed by atoms with Gasteiger partial charge in [-0.1, -0.05) is 12.1 Å². The van der Waals surface area contributed by atoms with Crippen LogP contribution in [0.3, 0.4) is 0 Å². The molecule has 1 unspecified atom stereocenters. The van der Waals surface area contributed by atoms with E-state index in [0.717, 1.165) is 24.2 Å². The summed E-state index contributed by atoms with van der Waals surface area (Å²) in [6, 6.07) is 8.05. The van der Waals surface area contributed by atoms with Gasteiger partial charge in [0.1, 0.15) is 5.75 Å². The van der Waals surface area contributed by atoms with E-state index in [-0.39, 0.29) is 6.04 Å². The highest BCUT2D eigenvalue weighted by atomic mass is 16.5. The molecule has 0 heterocycles. The van der Waals surface area contributed by atoms with Crippen molar-refractivity contribution in [1.82, 2.24) is 5.43 Å². The number of nitrogens with two attached hydrogens (primary N) is 1. The molecule has 0 spiro atoms. The number of hydrazine groups is 1. The van der Waals surface area contributed by atoms with Gasteiger partial charge in [0.25, 0.3) is 0 Å². The number of rotatable bonds is 5. The molecule has 0 radical (unpaired) electrons. The smallest absolute Gasteiger partial charge is 0.118 e. The lowest BCUT2D eigenvalue weighted by Crippen LogP contribution is -2.27. The fourth-order valence-electron chi connectivity index (χ4n) is 1.52. The zero-order chi connectivity index (χ0) is 11.8. The number of ether oxygens (including phenoxy) is 1. The van der Waals surface area contributed by atoms with Gasteiger partial charge in [0, 0.05) is 12.5 Å². The van der Waals surface area contributed by atoms with Gasteiger partial charge in [-0.25, -0.2) is 0 Å². The predicted molar refractivity (Wildman–Crippen MR) is 65.7 cm³/mol. The van der Waals surface area contributed by atoms with Crippen LogP contribution in [-0.2, 0) is 0 Å². The first kappa shape index (κ1) is 12.6. The van der Waals surface area contributed by atoms with Crippen LogP contribution >= 0.6 is 0 Å². The van der Waals surface area contributed by atoms with E-state index in [9.17, 15) is 0 Å². The van der Waals surface area contributed by atoms with Crippen LogP contribution < -0.4 is 16.0 Å². The lowest BCUT2D eigenvalue weighted by molar-refractivity contribution is 0.414. The van der Waals surface area contributed by atoms with Gasteiger partial charge < -0.3 is 4.74 Å². The van der Waals surface area contributed by atoms with Gasteiger partial charge in [-0.3, -0.25) is 11.3 Å². The first-order valence-corrected chi connectivity index (χ1v) is 5.31. The zero-order valence-corrected chi connectivity index (χ0v) is 9.79. The maximum absolute atomic E-state index is 5.53. The van der Waals surface area contributed by atoms with Crippen molar-refractivity contribution < 1.29 is 4.74 Å². The van der Waals surface area contributed by atoms with Crippen molar-refractivity contribution in [3.63, 3.8) is 0 Å². The molecule has 16 heavy (non-hydrogen) atoms. The van der Waals surface area contributed by atoms with E-state index in [1.165, 1.54) is 0 Å². The Kier molecular flexibility index (Phi) is 5.41. The second-order valence-corrected chi connectivity index (χ2v) is 3.46. The van der Waals surface area contributed by atoms with Gasteiger partial charge in [0.2, 0.25) is 0 Å². The van der Waals surface area contributed by atoms with Crippen LogP contribution in [0.25, 0.3) is 0 Å². The van der Waals surface area contributed by atoms with Crippen molar-refractivity contribution in [1.29, 1.82) is 0 Å². The van der Waals surface area contributed by atoms with Crippen LogP contribution in [0.5, 0.6) is 5.75 Å². The third-order valence-electron chi connectivity index (χ3n) is 2.45. The van der Waals surface area contributed by atoms with Crippen LogP contribution in [0.15, 0.2) is 24.3 Å². The Balaban J connectivity index is 2.65. The van der Waals surface area contributed by atoms with Gasteiger partial charge in [0.15, 0.2) is 0 Å². The van der Waals surface area contributed by atoms with E-state index in [0.29, 0.717) is 0 Å². The SMILES string of the molecule is CC#CCCC(NN)c1ccc(OC)cc1. The fourth-order valence-corrected chi connectivity index (χ4v) is 1.52. The molecule has 1 rings (SSSR count). The molecule has 1 aromatic rings. The first-order valence-electron chi connectivity index (χ1n) is 5.31. The standard InChI is InChI=1S/C13H18N2O/c1-3-4-5-6-13(15-14)11-7-9-12(16-2)10-8-11/h7-10,13,15H,5-6,14H2,1-2H3. The van der Waals surface area contributed by atoms with Crippen LogP contribution in [0.4, 0.5) is 0 Å². The zero-order valence-electron chi connectivity index (χ0n) is 9.79. The van der Waals surface area contributed by atoms with Gasteiger partial charge in [0.05, 0.1) is 7.11 Å². The Morgan fingerprint density at radius 1 is 1.38 bits per heavy atom. The monoisotopic (exact) mass is 218 g/mol. The molecule has 3 nitrogen and oxygen atoms in total. The summed E-state index contributed by atoms with van der Waals surface area (Å²) in [6.07, 6.45) is 1.75. The summed E-state index contributed by atoms with van der Waals surface area (Å²) in [5.74, 6) is 12.3. The number of nitrogens with one attached hydrogen (secondary N) is 1. The molecule has 0 aliphatic heterocycles. The quantitative estimate of drug-likeness (QED) is 0.451. The highest BCUT2D eigenvalue weighted by Gasteiger charge is 2.08. The number of hydrogen-bond donors (Lipinski definition) is 2. The maximum atomic E-state index is 5.53. The molecule has 0 saturated carbocycles. The Morgan fingerprint density at radius 3 is 2.56 bits per heavy atom. The van der Waals surface area contributed by atoms with Crippen LogP contribution in [0.1, 0.15) is 31.4 Å². The summed E-state index contributed by atoms with van der Waals surface area (Å²) in [7, 11) is 1.66. The molecule has 0 aliphatic rings. The van der Waals surface area contributed by atoms with E-state index in [1.54, 1.807) is 7.11 Å². The lowest BCUT2D eigenvalue weighted by atomic mass is 10.0.